The van der Waals surface area contributed by atoms with Crippen LogP contribution in [0.3, 0.4) is 0 Å². The molecule has 4 heteroatoms. The molecule has 0 radical (unpaired) electrons. The highest BCUT2D eigenvalue weighted by Gasteiger charge is 2.27. The van der Waals surface area contributed by atoms with E-state index in [1.807, 2.05) is 0 Å². The van der Waals surface area contributed by atoms with Crippen molar-refractivity contribution in [2.75, 3.05) is 13.1 Å². The summed E-state index contributed by atoms with van der Waals surface area (Å²) in [6.07, 6.45) is 5.83. The van der Waals surface area contributed by atoms with Crippen LogP contribution in [-0.2, 0) is 13.0 Å². The van der Waals surface area contributed by atoms with Gasteiger partial charge in [0.1, 0.15) is 0 Å². The van der Waals surface area contributed by atoms with Gasteiger partial charge in [-0.1, -0.05) is 22.9 Å². The van der Waals surface area contributed by atoms with E-state index in [1.165, 1.54) is 41.4 Å². The standard InChI is InChI=1S/C19H28BrN3/c1-5-15-16-13-23(21-18(16)7-6-17(15)20)12-14-8-10-22(11-9-14)19(2,3)4/h6-7,13-14H,5,8-12H2,1-4H3. The first kappa shape index (κ1) is 17.0. The lowest BCUT2D eigenvalue weighted by atomic mass is 9.93. The molecule has 1 aromatic carbocycles. The summed E-state index contributed by atoms with van der Waals surface area (Å²) in [5.74, 6) is 0.747. The van der Waals surface area contributed by atoms with Crippen molar-refractivity contribution in [3.05, 3.63) is 28.4 Å². The van der Waals surface area contributed by atoms with Gasteiger partial charge in [-0.05, 0) is 76.7 Å². The Morgan fingerprint density at radius 2 is 1.91 bits per heavy atom. The van der Waals surface area contributed by atoms with Gasteiger partial charge in [-0.15, -0.1) is 0 Å². The second-order valence-electron chi connectivity index (χ2n) is 7.76. The van der Waals surface area contributed by atoms with Gasteiger partial charge in [0.2, 0.25) is 0 Å². The molecule has 23 heavy (non-hydrogen) atoms. The van der Waals surface area contributed by atoms with Gasteiger partial charge in [-0.2, -0.15) is 5.10 Å². The van der Waals surface area contributed by atoms with Gasteiger partial charge in [-0.25, -0.2) is 0 Å². The maximum Gasteiger partial charge on any atom is 0.0926 e. The summed E-state index contributed by atoms with van der Waals surface area (Å²) in [6, 6.07) is 4.25. The van der Waals surface area contributed by atoms with E-state index in [2.05, 4.69) is 71.5 Å². The first-order chi connectivity index (χ1) is 10.9. The summed E-state index contributed by atoms with van der Waals surface area (Å²) in [4.78, 5) is 2.61. The lowest BCUT2D eigenvalue weighted by molar-refractivity contribution is 0.0822. The first-order valence-electron chi connectivity index (χ1n) is 8.78. The minimum absolute atomic E-state index is 0.299. The number of rotatable bonds is 3. The fraction of sp³-hybridized carbons (Fsp3) is 0.632. The van der Waals surface area contributed by atoms with Gasteiger partial charge >= 0.3 is 0 Å². The zero-order valence-electron chi connectivity index (χ0n) is 14.8. The lowest BCUT2D eigenvalue weighted by Gasteiger charge is -2.40. The van der Waals surface area contributed by atoms with Crippen LogP contribution < -0.4 is 0 Å². The predicted octanol–water partition coefficient (Wildman–Crippen LogP) is 4.87. The van der Waals surface area contributed by atoms with Gasteiger partial charge in [0.25, 0.3) is 0 Å². The van der Waals surface area contributed by atoms with Crippen LogP contribution in [0.5, 0.6) is 0 Å². The third-order valence-electron chi connectivity index (χ3n) is 5.15. The molecule has 3 rings (SSSR count). The number of fused-ring (bicyclic) bond motifs is 1. The van der Waals surface area contributed by atoms with Gasteiger partial charge in [0.15, 0.2) is 0 Å². The van der Waals surface area contributed by atoms with E-state index in [-0.39, 0.29) is 0 Å². The van der Waals surface area contributed by atoms with Crippen LogP contribution in [0.25, 0.3) is 10.9 Å². The number of halogens is 1. The van der Waals surface area contributed by atoms with Crippen LogP contribution in [0.2, 0.25) is 0 Å². The quantitative estimate of drug-likeness (QED) is 0.760. The van der Waals surface area contributed by atoms with Crippen LogP contribution in [-0.4, -0.2) is 33.3 Å². The highest BCUT2D eigenvalue weighted by molar-refractivity contribution is 9.10. The number of aromatic nitrogens is 2. The SMILES string of the molecule is CCc1c(Br)ccc2nn(CC3CCN(C(C)(C)C)CC3)cc12. The summed E-state index contributed by atoms with van der Waals surface area (Å²) in [5, 5.41) is 6.11. The maximum atomic E-state index is 4.81. The summed E-state index contributed by atoms with van der Waals surface area (Å²) in [5.41, 5.74) is 2.79. The van der Waals surface area contributed by atoms with Gasteiger partial charge in [-0.3, -0.25) is 9.58 Å². The molecular weight excluding hydrogens is 350 g/mol. The van der Waals surface area contributed by atoms with E-state index in [0.717, 1.165) is 24.4 Å². The Morgan fingerprint density at radius 1 is 1.22 bits per heavy atom. The largest absolute Gasteiger partial charge is 0.298 e. The summed E-state index contributed by atoms with van der Waals surface area (Å²) >= 11 is 3.67. The van der Waals surface area contributed by atoms with E-state index in [9.17, 15) is 0 Å². The summed E-state index contributed by atoms with van der Waals surface area (Å²) in [6.45, 7) is 12.6. The van der Waals surface area contributed by atoms with Crippen LogP contribution in [0.4, 0.5) is 0 Å². The van der Waals surface area contributed by atoms with Gasteiger partial charge in [0, 0.05) is 28.1 Å². The number of nitrogens with zero attached hydrogens (tertiary/aromatic N) is 3. The second-order valence-corrected chi connectivity index (χ2v) is 8.62. The minimum atomic E-state index is 0.299. The molecule has 0 spiro atoms. The van der Waals surface area contributed by atoms with Crippen molar-refractivity contribution >= 4 is 26.8 Å². The molecule has 2 heterocycles. The Kier molecular flexibility index (Phi) is 4.84. The van der Waals surface area contributed by atoms with E-state index >= 15 is 0 Å². The predicted molar refractivity (Wildman–Crippen MR) is 101 cm³/mol. The molecule has 1 aromatic heterocycles. The fourth-order valence-electron chi connectivity index (χ4n) is 3.68. The van der Waals surface area contributed by atoms with Crippen LogP contribution >= 0.6 is 15.9 Å². The normalized spacial score (nSPS) is 18.0. The van der Waals surface area contributed by atoms with Crippen LogP contribution in [0, 0.1) is 5.92 Å². The topological polar surface area (TPSA) is 21.1 Å². The van der Waals surface area contributed by atoms with E-state index in [1.54, 1.807) is 0 Å². The molecule has 1 fully saturated rings. The van der Waals surface area contributed by atoms with Crippen molar-refractivity contribution in [1.82, 2.24) is 14.7 Å². The number of benzene rings is 1. The molecule has 126 valence electrons. The number of likely N-dealkylation sites (tertiary alicyclic amines) is 1. The highest BCUT2D eigenvalue weighted by atomic mass is 79.9. The van der Waals surface area contributed by atoms with Crippen LogP contribution in [0.15, 0.2) is 22.8 Å². The monoisotopic (exact) mass is 377 g/mol. The molecule has 0 bridgehead atoms. The Hall–Kier alpha value is -0.870. The molecule has 0 aliphatic carbocycles. The fourth-order valence-corrected chi connectivity index (χ4v) is 4.30. The molecule has 0 amide bonds. The van der Waals surface area contributed by atoms with Crippen molar-refractivity contribution in [3.8, 4) is 0 Å². The molecule has 3 nitrogen and oxygen atoms in total. The van der Waals surface area contributed by atoms with Crippen molar-refractivity contribution in [2.45, 2.75) is 59.0 Å². The van der Waals surface area contributed by atoms with E-state index in [4.69, 9.17) is 5.10 Å². The molecule has 2 aromatic rings. The molecule has 0 unspecified atom stereocenters. The van der Waals surface area contributed by atoms with Crippen molar-refractivity contribution in [3.63, 3.8) is 0 Å². The van der Waals surface area contributed by atoms with Crippen molar-refractivity contribution in [2.24, 2.45) is 5.92 Å². The molecule has 1 aliphatic heterocycles. The molecular formula is C19H28BrN3. The van der Waals surface area contributed by atoms with Crippen molar-refractivity contribution in [1.29, 1.82) is 0 Å². The molecule has 0 N–H and O–H groups in total. The molecule has 1 saturated heterocycles. The zero-order chi connectivity index (χ0) is 16.6. The second kappa shape index (κ2) is 6.56. The molecule has 0 saturated carbocycles. The summed E-state index contributed by atoms with van der Waals surface area (Å²) in [7, 11) is 0. The maximum absolute atomic E-state index is 4.81. The molecule has 1 aliphatic rings. The minimum Gasteiger partial charge on any atom is -0.298 e. The number of piperidine rings is 1. The first-order valence-corrected chi connectivity index (χ1v) is 9.57. The van der Waals surface area contributed by atoms with Crippen molar-refractivity contribution < 1.29 is 0 Å². The lowest BCUT2D eigenvalue weighted by Crippen LogP contribution is -2.46. The average Bonchev–Trinajstić information content (AvgIpc) is 2.89. The number of hydrogen-bond acceptors (Lipinski definition) is 2. The average molecular weight is 378 g/mol. The molecule has 0 atom stereocenters. The zero-order valence-corrected chi connectivity index (χ0v) is 16.4. The number of aryl methyl sites for hydroxylation is 1. The van der Waals surface area contributed by atoms with Gasteiger partial charge < -0.3 is 0 Å². The summed E-state index contributed by atoms with van der Waals surface area (Å²) < 4.78 is 3.37. The Morgan fingerprint density at radius 3 is 2.52 bits per heavy atom. The van der Waals surface area contributed by atoms with Crippen LogP contribution in [0.1, 0.15) is 46.1 Å². The Bertz CT molecular complexity index is 676. The third kappa shape index (κ3) is 3.63. The third-order valence-corrected chi connectivity index (χ3v) is 5.90. The van der Waals surface area contributed by atoms with E-state index < -0.39 is 0 Å². The van der Waals surface area contributed by atoms with E-state index in [0.29, 0.717) is 5.54 Å². The van der Waals surface area contributed by atoms with Gasteiger partial charge in [0.05, 0.1) is 5.52 Å². The Balaban J connectivity index is 1.71. The highest BCUT2D eigenvalue weighted by Crippen LogP contribution is 2.28. The number of hydrogen-bond donors (Lipinski definition) is 0. The smallest absolute Gasteiger partial charge is 0.0926 e. The Labute approximate surface area is 148 Å².